The lowest BCUT2D eigenvalue weighted by molar-refractivity contribution is -0.129. The van der Waals surface area contributed by atoms with Gasteiger partial charge in [-0.2, -0.15) is 0 Å². The molecule has 1 saturated heterocycles. The van der Waals surface area contributed by atoms with Crippen LogP contribution in [0.25, 0.3) is 0 Å². The number of benzene rings is 1. The number of hydrogen-bond donors (Lipinski definition) is 1. The molecule has 1 aromatic heterocycles. The van der Waals surface area contributed by atoms with E-state index in [1.807, 2.05) is 31.2 Å². The molecule has 2 aromatic rings. The van der Waals surface area contributed by atoms with Gasteiger partial charge in [0.15, 0.2) is 11.5 Å². The van der Waals surface area contributed by atoms with Crippen LogP contribution >= 0.6 is 0 Å². The number of rotatable bonds is 6. The average molecular weight is 396 g/mol. The third-order valence-corrected chi connectivity index (χ3v) is 5.45. The van der Waals surface area contributed by atoms with Gasteiger partial charge in [0, 0.05) is 26.2 Å². The summed E-state index contributed by atoms with van der Waals surface area (Å²) >= 11 is 0. The van der Waals surface area contributed by atoms with Crippen LogP contribution < -0.4 is 0 Å². The fourth-order valence-corrected chi connectivity index (χ4v) is 3.83. The maximum atomic E-state index is 13.0. The summed E-state index contributed by atoms with van der Waals surface area (Å²) < 4.78 is 10.6. The third kappa shape index (κ3) is 3.83. The molecule has 1 N–H and O–H groups in total. The number of carbonyl (C=O) groups is 2. The predicted octanol–water partition coefficient (Wildman–Crippen LogP) is 2.50. The number of amides is 1. The molecule has 0 radical (unpaired) electrons. The Hall–Kier alpha value is -2.90. The second-order valence-electron chi connectivity index (χ2n) is 7.33. The molecule has 0 spiro atoms. The van der Waals surface area contributed by atoms with Crippen LogP contribution in [0.5, 0.6) is 0 Å². The van der Waals surface area contributed by atoms with Crippen LogP contribution in [-0.2, 0) is 9.53 Å². The fraction of sp³-hybridized carbons (Fsp3) is 0.364. The highest BCUT2D eigenvalue weighted by Crippen LogP contribution is 2.39. The van der Waals surface area contributed by atoms with Crippen molar-refractivity contribution in [3.63, 3.8) is 0 Å². The van der Waals surface area contributed by atoms with E-state index in [2.05, 4.69) is 4.90 Å². The van der Waals surface area contributed by atoms with Gasteiger partial charge in [-0.3, -0.25) is 14.5 Å². The van der Waals surface area contributed by atoms with E-state index >= 15 is 0 Å². The molecule has 7 nitrogen and oxygen atoms in total. The topological polar surface area (TPSA) is 83.2 Å². The molecule has 2 aliphatic rings. The minimum absolute atomic E-state index is 0.0655. The highest BCUT2D eigenvalue weighted by atomic mass is 16.5. The van der Waals surface area contributed by atoms with Gasteiger partial charge in [-0.05, 0) is 24.6 Å². The van der Waals surface area contributed by atoms with Gasteiger partial charge in [-0.15, -0.1) is 0 Å². The zero-order valence-corrected chi connectivity index (χ0v) is 16.3. The van der Waals surface area contributed by atoms with E-state index in [9.17, 15) is 14.7 Å². The highest BCUT2D eigenvalue weighted by Gasteiger charge is 2.44. The summed E-state index contributed by atoms with van der Waals surface area (Å²) in [6, 6.07) is 10.1. The summed E-state index contributed by atoms with van der Waals surface area (Å²) in [7, 11) is 0. The van der Waals surface area contributed by atoms with E-state index in [0.717, 1.165) is 24.2 Å². The normalized spacial score (nSPS) is 20.5. The summed E-state index contributed by atoms with van der Waals surface area (Å²) in [5, 5.41) is 10.6. The molecule has 1 aromatic carbocycles. The molecule has 1 atom stereocenters. The summed E-state index contributed by atoms with van der Waals surface area (Å²) in [5.74, 6) is -1.40. The van der Waals surface area contributed by atoms with Crippen molar-refractivity contribution in [1.29, 1.82) is 0 Å². The van der Waals surface area contributed by atoms with Gasteiger partial charge in [0.1, 0.15) is 0 Å². The van der Waals surface area contributed by atoms with E-state index < -0.39 is 23.5 Å². The van der Waals surface area contributed by atoms with Gasteiger partial charge in [-0.1, -0.05) is 29.8 Å². The van der Waals surface area contributed by atoms with Gasteiger partial charge in [0.05, 0.1) is 31.1 Å². The van der Waals surface area contributed by atoms with Gasteiger partial charge in [0.2, 0.25) is 5.78 Å². The van der Waals surface area contributed by atoms with Crippen molar-refractivity contribution in [2.45, 2.75) is 13.0 Å². The van der Waals surface area contributed by atoms with Crippen LogP contribution in [-0.4, -0.2) is 66.0 Å². The van der Waals surface area contributed by atoms with Crippen LogP contribution in [0.3, 0.4) is 0 Å². The first-order valence-corrected chi connectivity index (χ1v) is 9.75. The molecule has 1 amide bonds. The lowest BCUT2D eigenvalue weighted by atomic mass is 9.94. The first-order chi connectivity index (χ1) is 14.1. The SMILES string of the molecule is Cc1ccc(C2C(C(=O)c3ccco3)=C(O)C(=O)N2CCN2CCOCC2)cc1. The Labute approximate surface area is 169 Å². The van der Waals surface area contributed by atoms with Gasteiger partial charge in [0.25, 0.3) is 5.91 Å². The Morgan fingerprint density at radius 3 is 2.52 bits per heavy atom. The molecule has 0 aliphatic carbocycles. The molecule has 152 valence electrons. The number of Topliss-reactive ketones (excluding diaryl/α,β-unsaturated/α-hetero) is 1. The maximum Gasteiger partial charge on any atom is 0.290 e. The maximum absolute atomic E-state index is 13.0. The third-order valence-electron chi connectivity index (χ3n) is 5.45. The summed E-state index contributed by atoms with van der Waals surface area (Å²) in [6.45, 7) is 5.96. The molecule has 3 heterocycles. The van der Waals surface area contributed by atoms with Crippen molar-refractivity contribution in [3.05, 3.63) is 70.9 Å². The van der Waals surface area contributed by atoms with E-state index in [4.69, 9.17) is 9.15 Å². The Balaban J connectivity index is 1.66. The molecule has 7 heteroatoms. The van der Waals surface area contributed by atoms with Crippen molar-refractivity contribution >= 4 is 11.7 Å². The highest BCUT2D eigenvalue weighted by molar-refractivity contribution is 6.15. The summed E-state index contributed by atoms with van der Waals surface area (Å²) in [6.07, 6.45) is 1.40. The summed E-state index contributed by atoms with van der Waals surface area (Å²) in [4.78, 5) is 29.7. The number of morpholine rings is 1. The number of ketones is 1. The average Bonchev–Trinajstić information content (AvgIpc) is 3.36. The van der Waals surface area contributed by atoms with Crippen LogP contribution in [0.1, 0.15) is 27.7 Å². The Morgan fingerprint density at radius 2 is 1.86 bits per heavy atom. The predicted molar refractivity (Wildman–Crippen MR) is 106 cm³/mol. The number of hydrogen-bond acceptors (Lipinski definition) is 6. The van der Waals surface area contributed by atoms with Gasteiger partial charge < -0.3 is 19.2 Å². The molecule has 2 aliphatic heterocycles. The molecular weight excluding hydrogens is 372 g/mol. The minimum Gasteiger partial charge on any atom is -0.503 e. The fourth-order valence-electron chi connectivity index (χ4n) is 3.83. The van der Waals surface area contributed by atoms with Gasteiger partial charge in [-0.25, -0.2) is 0 Å². The Bertz CT molecular complexity index is 911. The van der Waals surface area contributed by atoms with Crippen LogP contribution in [0.4, 0.5) is 0 Å². The number of aliphatic hydroxyl groups is 1. The standard InChI is InChI=1S/C22H24N2O5/c1-15-4-6-16(7-5-15)19-18(20(25)17-3-2-12-29-17)21(26)22(27)24(19)9-8-23-10-13-28-14-11-23/h2-7,12,19,26H,8-11,13-14H2,1H3. The minimum atomic E-state index is -0.651. The van der Waals surface area contributed by atoms with Crippen LogP contribution in [0, 0.1) is 6.92 Å². The zero-order chi connectivity index (χ0) is 20.4. The second-order valence-corrected chi connectivity index (χ2v) is 7.33. The monoisotopic (exact) mass is 396 g/mol. The van der Waals surface area contributed by atoms with E-state index in [0.29, 0.717) is 26.3 Å². The van der Waals surface area contributed by atoms with Crippen molar-refractivity contribution in [2.75, 3.05) is 39.4 Å². The number of ether oxygens (including phenoxy) is 1. The number of furan rings is 1. The molecule has 4 rings (SSSR count). The molecule has 0 saturated carbocycles. The van der Waals surface area contributed by atoms with Crippen LogP contribution in [0.2, 0.25) is 0 Å². The Morgan fingerprint density at radius 1 is 1.14 bits per heavy atom. The molecule has 0 bridgehead atoms. The van der Waals surface area contributed by atoms with E-state index in [1.165, 1.54) is 12.3 Å². The molecule has 1 fully saturated rings. The Kier molecular flexibility index (Phi) is 5.51. The number of aliphatic hydroxyl groups excluding tert-OH is 1. The first-order valence-electron chi connectivity index (χ1n) is 9.75. The molecule has 1 unspecified atom stereocenters. The van der Waals surface area contributed by atoms with E-state index in [-0.39, 0.29) is 11.3 Å². The number of carbonyl (C=O) groups excluding carboxylic acids is 2. The smallest absolute Gasteiger partial charge is 0.290 e. The lowest BCUT2D eigenvalue weighted by Crippen LogP contribution is -2.43. The first kappa shape index (κ1) is 19.4. The summed E-state index contributed by atoms with van der Waals surface area (Å²) in [5.41, 5.74) is 1.92. The quantitative estimate of drug-likeness (QED) is 0.756. The van der Waals surface area contributed by atoms with Crippen molar-refractivity contribution in [3.8, 4) is 0 Å². The van der Waals surface area contributed by atoms with Crippen molar-refractivity contribution < 1.29 is 23.8 Å². The number of aryl methyl sites for hydroxylation is 1. The van der Waals surface area contributed by atoms with Crippen molar-refractivity contribution in [2.24, 2.45) is 0 Å². The second kappa shape index (κ2) is 8.23. The van der Waals surface area contributed by atoms with Crippen LogP contribution in [0.15, 0.2) is 58.4 Å². The molecular formula is C22H24N2O5. The largest absolute Gasteiger partial charge is 0.503 e. The van der Waals surface area contributed by atoms with Gasteiger partial charge >= 0.3 is 0 Å². The molecule has 29 heavy (non-hydrogen) atoms. The van der Waals surface area contributed by atoms with E-state index in [1.54, 1.807) is 11.0 Å². The lowest BCUT2D eigenvalue weighted by Gasteiger charge is -2.31. The van der Waals surface area contributed by atoms with Crippen molar-refractivity contribution in [1.82, 2.24) is 9.80 Å². The zero-order valence-electron chi connectivity index (χ0n) is 16.3. The number of nitrogens with zero attached hydrogens (tertiary/aromatic N) is 2.